The smallest absolute Gasteiger partial charge is 0.790 e. The molecule has 0 saturated heterocycles. The Morgan fingerprint density at radius 2 is 1.67 bits per heavy atom. The second-order valence-corrected chi connectivity index (χ2v) is 4.23. The van der Waals surface area contributed by atoms with Crippen molar-refractivity contribution < 1.29 is 82.7 Å². The number of phosphoric acid groups is 1. The Kier molecular flexibility index (Phi) is 18.6. The molecule has 5 nitrogen and oxygen atoms in total. The monoisotopic (exact) mass is 256 g/mol. The summed E-state index contributed by atoms with van der Waals surface area (Å²) >= 11 is 0. The van der Waals surface area contributed by atoms with Gasteiger partial charge < -0.3 is 23.6 Å². The minimum absolute atomic E-state index is 0. The third-order valence-electron chi connectivity index (χ3n) is 1.32. The van der Waals surface area contributed by atoms with E-state index in [1.165, 1.54) is 0 Å². The first kappa shape index (κ1) is 22.3. The van der Waals surface area contributed by atoms with Crippen molar-refractivity contribution in [2.45, 2.75) is 20.3 Å². The van der Waals surface area contributed by atoms with Crippen LogP contribution in [0.25, 0.3) is 0 Å². The van der Waals surface area contributed by atoms with Crippen LogP contribution in [0, 0.1) is 5.92 Å². The first-order valence-corrected chi connectivity index (χ1v) is 5.62. The topological polar surface area (TPSA) is 81.7 Å². The summed E-state index contributed by atoms with van der Waals surface area (Å²) in [6, 6.07) is 0. The molecular weight excluding hydrogens is 241 g/mol. The summed E-state index contributed by atoms with van der Waals surface area (Å²) in [6.07, 6.45) is 0.909. The minimum atomic E-state index is -4.81. The van der Waals surface area contributed by atoms with Gasteiger partial charge in [-0.1, -0.05) is 13.8 Å². The standard InChI is InChI=1S/C7H17O5P.2Na/c1-7(2)3-4-11-5-6-12-13(8,9)10;;/h7H,3-6H2,1-2H3,(H2,8,9,10);;/q;2*+1/p-2. The Balaban J connectivity index is -0.000000720. The molecule has 0 bridgehead atoms. The van der Waals surface area contributed by atoms with Crippen LogP contribution in [0.15, 0.2) is 0 Å². The molecule has 0 amide bonds. The molecule has 0 aliphatic rings. The van der Waals surface area contributed by atoms with Crippen molar-refractivity contribution in [2.75, 3.05) is 19.8 Å². The SMILES string of the molecule is CC(C)CCOCCOP(=O)([O-])[O-].[Na+].[Na+]. The Hall–Kier alpha value is 2.07. The third kappa shape index (κ3) is 21.8. The van der Waals surface area contributed by atoms with E-state index in [2.05, 4.69) is 18.4 Å². The van der Waals surface area contributed by atoms with Gasteiger partial charge in [-0.3, -0.25) is 0 Å². The molecule has 15 heavy (non-hydrogen) atoms. The van der Waals surface area contributed by atoms with E-state index < -0.39 is 7.82 Å². The fraction of sp³-hybridized carbons (Fsp3) is 1.00. The van der Waals surface area contributed by atoms with Crippen molar-refractivity contribution in [1.82, 2.24) is 0 Å². The van der Waals surface area contributed by atoms with Gasteiger partial charge in [-0.15, -0.1) is 0 Å². The van der Waals surface area contributed by atoms with E-state index in [1.54, 1.807) is 0 Å². The van der Waals surface area contributed by atoms with E-state index in [4.69, 9.17) is 4.74 Å². The van der Waals surface area contributed by atoms with Crippen LogP contribution in [0.1, 0.15) is 20.3 Å². The first-order valence-electron chi connectivity index (χ1n) is 4.16. The van der Waals surface area contributed by atoms with Gasteiger partial charge >= 0.3 is 59.1 Å². The molecule has 0 aromatic carbocycles. The van der Waals surface area contributed by atoms with Crippen LogP contribution in [-0.4, -0.2) is 19.8 Å². The zero-order valence-electron chi connectivity index (χ0n) is 9.89. The van der Waals surface area contributed by atoms with Gasteiger partial charge in [0.1, 0.15) is 0 Å². The maximum absolute atomic E-state index is 9.97. The Morgan fingerprint density at radius 3 is 2.07 bits per heavy atom. The van der Waals surface area contributed by atoms with Gasteiger partial charge in [0.25, 0.3) is 0 Å². The van der Waals surface area contributed by atoms with Crippen LogP contribution >= 0.6 is 7.82 Å². The molecule has 0 aliphatic heterocycles. The molecule has 0 unspecified atom stereocenters. The van der Waals surface area contributed by atoms with Crippen molar-refractivity contribution in [3.63, 3.8) is 0 Å². The summed E-state index contributed by atoms with van der Waals surface area (Å²) in [5, 5.41) is 0. The third-order valence-corrected chi connectivity index (χ3v) is 1.82. The molecule has 0 heterocycles. The average Bonchev–Trinajstić information content (AvgIpc) is 1.93. The van der Waals surface area contributed by atoms with Crippen LogP contribution in [-0.2, 0) is 13.8 Å². The van der Waals surface area contributed by atoms with Gasteiger partial charge in [0, 0.05) is 6.61 Å². The molecule has 0 spiro atoms. The fourth-order valence-corrected chi connectivity index (χ4v) is 0.927. The molecule has 0 N–H and O–H groups in total. The average molecular weight is 256 g/mol. The van der Waals surface area contributed by atoms with E-state index >= 15 is 0 Å². The van der Waals surface area contributed by atoms with Gasteiger partial charge in [0.2, 0.25) is 0 Å². The summed E-state index contributed by atoms with van der Waals surface area (Å²) in [5.41, 5.74) is 0. The van der Waals surface area contributed by atoms with Crippen molar-refractivity contribution in [1.29, 1.82) is 0 Å². The molecule has 0 radical (unpaired) electrons. The van der Waals surface area contributed by atoms with Crippen LogP contribution < -0.4 is 68.9 Å². The number of ether oxygens (including phenoxy) is 1. The molecule has 0 aliphatic carbocycles. The summed E-state index contributed by atoms with van der Waals surface area (Å²) in [4.78, 5) is 19.9. The van der Waals surface area contributed by atoms with E-state index in [0.717, 1.165) is 6.42 Å². The summed E-state index contributed by atoms with van der Waals surface area (Å²) in [5.74, 6) is 0.547. The fourth-order valence-electron chi connectivity index (χ4n) is 0.629. The maximum atomic E-state index is 9.97. The van der Waals surface area contributed by atoms with Gasteiger partial charge in [0.05, 0.1) is 21.0 Å². The zero-order valence-corrected chi connectivity index (χ0v) is 14.8. The van der Waals surface area contributed by atoms with E-state index in [0.29, 0.717) is 12.5 Å². The van der Waals surface area contributed by atoms with Gasteiger partial charge in [-0.25, -0.2) is 0 Å². The van der Waals surface area contributed by atoms with Gasteiger partial charge in [-0.05, 0) is 12.3 Å². The number of rotatable bonds is 7. The van der Waals surface area contributed by atoms with Crippen LogP contribution in [0.2, 0.25) is 0 Å². The normalized spacial score (nSPS) is 10.7. The van der Waals surface area contributed by atoms with Crippen LogP contribution in [0.3, 0.4) is 0 Å². The number of hydrogen-bond donors (Lipinski definition) is 0. The molecule has 8 heteroatoms. The predicted molar refractivity (Wildman–Crippen MR) is 43.8 cm³/mol. The molecule has 0 saturated carbocycles. The Morgan fingerprint density at radius 1 is 1.13 bits per heavy atom. The van der Waals surface area contributed by atoms with Crippen molar-refractivity contribution >= 4 is 7.82 Å². The Labute approximate surface area is 135 Å². The number of hydrogen-bond acceptors (Lipinski definition) is 5. The predicted octanol–water partition coefficient (Wildman–Crippen LogP) is -6.10. The summed E-state index contributed by atoms with van der Waals surface area (Å²) in [6.45, 7) is 4.62. The molecule has 0 aromatic rings. The molecule has 0 aromatic heterocycles. The molecule has 0 rings (SSSR count). The Bertz CT molecular complexity index is 173. The van der Waals surface area contributed by atoms with Gasteiger partial charge in [0.15, 0.2) is 0 Å². The van der Waals surface area contributed by atoms with Crippen LogP contribution in [0.5, 0.6) is 0 Å². The minimum Gasteiger partial charge on any atom is -0.790 e. The van der Waals surface area contributed by atoms with E-state index in [9.17, 15) is 14.4 Å². The van der Waals surface area contributed by atoms with E-state index in [1.807, 2.05) is 0 Å². The maximum Gasteiger partial charge on any atom is 1.00 e. The molecule has 80 valence electrons. The second kappa shape index (κ2) is 12.5. The molecular formula is C7H15Na2O5P. The molecule has 0 atom stereocenters. The summed E-state index contributed by atoms with van der Waals surface area (Å²) < 4.78 is 18.9. The quantitative estimate of drug-likeness (QED) is 0.257. The largest absolute Gasteiger partial charge is 1.00 e. The number of phosphoric ester groups is 1. The van der Waals surface area contributed by atoms with E-state index in [-0.39, 0.29) is 72.3 Å². The van der Waals surface area contributed by atoms with Crippen molar-refractivity contribution in [3.05, 3.63) is 0 Å². The van der Waals surface area contributed by atoms with Gasteiger partial charge in [-0.2, -0.15) is 0 Å². The molecule has 0 fully saturated rings. The second-order valence-electron chi connectivity index (χ2n) is 3.08. The van der Waals surface area contributed by atoms with Crippen molar-refractivity contribution in [2.24, 2.45) is 5.92 Å². The summed E-state index contributed by atoms with van der Waals surface area (Å²) in [7, 11) is -4.81. The van der Waals surface area contributed by atoms with Crippen molar-refractivity contribution in [3.8, 4) is 0 Å². The van der Waals surface area contributed by atoms with Crippen LogP contribution in [0.4, 0.5) is 0 Å². The first-order chi connectivity index (χ1) is 5.92. The zero-order chi connectivity index (χ0) is 10.3.